The summed E-state index contributed by atoms with van der Waals surface area (Å²) in [5.41, 5.74) is 5.48. The number of benzene rings is 2. The molecule has 0 aliphatic rings. The van der Waals surface area contributed by atoms with Crippen molar-refractivity contribution in [3.63, 3.8) is 0 Å². The quantitative estimate of drug-likeness (QED) is 0.459. The van der Waals surface area contributed by atoms with E-state index in [9.17, 15) is 0 Å². The SMILES string of the molecule is Cc1cccc(-c2nnc3c4cnn(-c5ccc(C)c(Cl)c5)c4ncn23)c1. The molecule has 0 amide bonds. The zero-order valence-corrected chi connectivity index (χ0v) is 15.5. The Morgan fingerprint density at radius 2 is 1.85 bits per heavy atom. The average Bonchev–Trinajstić information content (AvgIpc) is 3.27. The standard InChI is InChI=1S/C20H15ClN6/c1-12-4-3-5-14(8-12)18-24-25-20-16-10-23-27(19(16)22-11-26(18)20)15-7-6-13(2)17(21)9-15/h3-11H,1-2H3. The maximum absolute atomic E-state index is 6.27. The molecule has 0 fully saturated rings. The molecule has 27 heavy (non-hydrogen) atoms. The Morgan fingerprint density at radius 3 is 2.67 bits per heavy atom. The van der Waals surface area contributed by atoms with E-state index in [2.05, 4.69) is 39.3 Å². The number of halogens is 1. The first-order valence-corrected chi connectivity index (χ1v) is 8.90. The van der Waals surface area contributed by atoms with Crippen LogP contribution in [0.2, 0.25) is 5.02 Å². The molecular weight excluding hydrogens is 360 g/mol. The van der Waals surface area contributed by atoms with Crippen molar-refractivity contribution in [2.75, 3.05) is 0 Å². The van der Waals surface area contributed by atoms with Crippen LogP contribution in [-0.4, -0.2) is 29.4 Å². The predicted octanol–water partition coefficient (Wildman–Crippen LogP) is 4.40. The summed E-state index contributed by atoms with van der Waals surface area (Å²) in [5.74, 6) is 0.759. The normalized spacial score (nSPS) is 11.5. The second kappa shape index (κ2) is 5.89. The summed E-state index contributed by atoms with van der Waals surface area (Å²) in [6, 6.07) is 14.0. The Hall–Kier alpha value is -3.25. The van der Waals surface area contributed by atoms with Crippen LogP contribution < -0.4 is 0 Å². The highest BCUT2D eigenvalue weighted by Crippen LogP contribution is 2.26. The van der Waals surface area contributed by atoms with Gasteiger partial charge in [0, 0.05) is 10.6 Å². The van der Waals surface area contributed by atoms with Crippen LogP contribution in [0.25, 0.3) is 33.8 Å². The first kappa shape index (κ1) is 16.0. The molecule has 132 valence electrons. The van der Waals surface area contributed by atoms with E-state index in [1.807, 2.05) is 41.7 Å². The van der Waals surface area contributed by atoms with Gasteiger partial charge in [0.2, 0.25) is 0 Å². The molecule has 0 aliphatic carbocycles. The van der Waals surface area contributed by atoms with Gasteiger partial charge in [0.1, 0.15) is 6.33 Å². The van der Waals surface area contributed by atoms with Crippen molar-refractivity contribution in [2.24, 2.45) is 0 Å². The zero-order chi connectivity index (χ0) is 18.5. The summed E-state index contributed by atoms with van der Waals surface area (Å²) in [6.45, 7) is 4.03. The number of hydrogen-bond donors (Lipinski definition) is 0. The van der Waals surface area contributed by atoms with Crippen molar-refractivity contribution >= 4 is 28.3 Å². The lowest BCUT2D eigenvalue weighted by Crippen LogP contribution is -1.99. The van der Waals surface area contributed by atoms with E-state index in [4.69, 9.17) is 11.6 Å². The van der Waals surface area contributed by atoms with Gasteiger partial charge in [0.05, 0.1) is 17.3 Å². The molecule has 3 heterocycles. The fourth-order valence-corrected chi connectivity index (χ4v) is 3.38. The van der Waals surface area contributed by atoms with Crippen molar-refractivity contribution in [2.45, 2.75) is 13.8 Å². The van der Waals surface area contributed by atoms with Gasteiger partial charge in [-0.1, -0.05) is 41.4 Å². The van der Waals surface area contributed by atoms with Crippen LogP contribution >= 0.6 is 11.6 Å². The highest BCUT2D eigenvalue weighted by molar-refractivity contribution is 6.31. The van der Waals surface area contributed by atoms with Crippen LogP contribution in [0.3, 0.4) is 0 Å². The van der Waals surface area contributed by atoms with Gasteiger partial charge in [-0.15, -0.1) is 10.2 Å². The molecule has 0 spiro atoms. The van der Waals surface area contributed by atoms with E-state index < -0.39 is 0 Å². The Morgan fingerprint density at radius 1 is 0.963 bits per heavy atom. The number of fused-ring (bicyclic) bond motifs is 3. The van der Waals surface area contributed by atoms with Gasteiger partial charge in [0.25, 0.3) is 0 Å². The van der Waals surface area contributed by atoms with E-state index in [1.54, 1.807) is 17.2 Å². The molecule has 0 aliphatic heterocycles. The van der Waals surface area contributed by atoms with Gasteiger partial charge in [-0.25, -0.2) is 9.67 Å². The number of nitrogens with zero attached hydrogens (tertiary/aromatic N) is 6. The highest BCUT2D eigenvalue weighted by atomic mass is 35.5. The lowest BCUT2D eigenvalue weighted by atomic mass is 10.1. The average molecular weight is 375 g/mol. The van der Waals surface area contributed by atoms with Crippen molar-refractivity contribution in [3.8, 4) is 17.1 Å². The molecule has 0 N–H and O–H groups in total. The second-order valence-corrected chi connectivity index (χ2v) is 6.97. The van der Waals surface area contributed by atoms with E-state index in [0.29, 0.717) is 10.7 Å². The van der Waals surface area contributed by atoms with Crippen LogP contribution in [0.1, 0.15) is 11.1 Å². The van der Waals surface area contributed by atoms with Crippen LogP contribution in [0.4, 0.5) is 0 Å². The van der Waals surface area contributed by atoms with E-state index in [0.717, 1.165) is 33.7 Å². The molecule has 0 saturated carbocycles. The Kier molecular flexibility index (Phi) is 3.48. The van der Waals surface area contributed by atoms with Crippen LogP contribution in [0, 0.1) is 13.8 Å². The number of hydrogen-bond acceptors (Lipinski definition) is 4. The molecular formula is C20H15ClN6. The van der Waals surface area contributed by atoms with Crippen molar-refractivity contribution in [1.82, 2.24) is 29.4 Å². The number of rotatable bonds is 2. The van der Waals surface area contributed by atoms with Gasteiger partial charge >= 0.3 is 0 Å². The molecule has 0 saturated heterocycles. The minimum absolute atomic E-state index is 0.696. The Bertz CT molecular complexity index is 1320. The molecule has 0 unspecified atom stereocenters. The topological polar surface area (TPSA) is 60.9 Å². The Labute approximate surface area is 160 Å². The minimum Gasteiger partial charge on any atom is -0.265 e. The number of aromatic nitrogens is 6. The van der Waals surface area contributed by atoms with Crippen molar-refractivity contribution in [3.05, 3.63) is 71.1 Å². The summed E-state index contributed by atoms with van der Waals surface area (Å²) in [4.78, 5) is 4.62. The van der Waals surface area contributed by atoms with Gasteiger partial charge < -0.3 is 0 Å². The molecule has 0 radical (unpaired) electrons. The summed E-state index contributed by atoms with van der Waals surface area (Å²) < 4.78 is 3.66. The van der Waals surface area contributed by atoms with E-state index in [1.165, 1.54) is 5.56 Å². The van der Waals surface area contributed by atoms with Gasteiger partial charge in [-0.05, 0) is 37.6 Å². The Balaban J connectivity index is 1.71. The molecule has 5 aromatic rings. The summed E-state index contributed by atoms with van der Waals surface area (Å²) in [5, 5.41) is 14.8. The minimum atomic E-state index is 0.696. The molecule has 6 nitrogen and oxygen atoms in total. The molecule has 0 atom stereocenters. The van der Waals surface area contributed by atoms with Crippen LogP contribution in [0.15, 0.2) is 55.0 Å². The predicted molar refractivity (Wildman–Crippen MR) is 105 cm³/mol. The zero-order valence-electron chi connectivity index (χ0n) is 14.8. The number of aryl methyl sites for hydroxylation is 2. The first-order chi connectivity index (χ1) is 13.1. The maximum Gasteiger partial charge on any atom is 0.175 e. The molecule has 0 bridgehead atoms. The molecule has 5 rings (SSSR count). The van der Waals surface area contributed by atoms with Gasteiger partial charge in [0.15, 0.2) is 17.1 Å². The largest absolute Gasteiger partial charge is 0.265 e. The summed E-state index contributed by atoms with van der Waals surface area (Å²) >= 11 is 6.27. The lowest BCUT2D eigenvalue weighted by molar-refractivity contribution is 0.893. The third-order valence-electron chi connectivity index (χ3n) is 4.65. The fourth-order valence-electron chi connectivity index (χ4n) is 3.20. The van der Waals surface area contributed by atoms with E-state index >= 15 is 0 Å². The van der Waals surface area contributed by atoms with Gasteiger partial charge in [-0.2, -0.15) is 5.10 Å². The van der Waals surface area contributed by atoms with Crippen molar-refractivity contribution in [1.29, 1.82) is 0 Å². The second-order valence-electron chi connectivity index (χ2n) is 6.56. The molecule has 3 aromatic heterocycles. The van der Waals surface area contributed by atoms with Crippen LogP contribution in [-0.2, 0) is 0 Å². The third kappa shape index (κ3) is 2.49. The third-order valence-corrected chi connectivity index (χ3v) is 5.06. The maximum atomic E-state index is 6.27. The molecule has 7 heteroatoms. The smallest absolute Gasteiger partial charge is 0.175 e. The van der Waals surface area contributed by atoms with Gasteiger partial charge in [-0.3, -0.25) is 4.40 Å². The van der Waals surface area contributed by atoms with Crippen molar-refractivity contribution < 1.29 is 0 Å². The highest BCUT2D eigenvalue weighted by Gasteiger charge is 2.15. The van der Waals surface area contributed by atoms with Crippen LogP contribution in [0.5, 0.6) is 0 Å². The molecule has 2 aromatic carbocycles. The fraction of sp³-hybridized carbons (Fsp3) is 0.100. The monoisotopic (exact) mass is 374 g/mol. The summed E-state index contributed by atoms with van der Waals surface area (Å²) in [7, 11) is 0. The first-order valence-electron chi connectivity index (χ1n) is 8.53. The lowest BCUT2D eigenvalue weighted by Gasteiger charge is -2.05. The van der Waals surface area contributed by atoms with E-state index in [-0.39, 0.29) is 0 Å². The summed E-state index contributed by atoms with van der Waals surface area (Å²) in [6.07, 6.45) is 3.50.